The molecule has 9 heteroatoms. The monoisotopic (exact) mass is 401 g/mol. The van der Waals surface area contributed by atoms with Gasteiger partial charge in [0.15, 0.2) is 0 Å². The Labute approximate surface area is 162 Å². The average molecular weight is 401 g/mol. The number of sulfonamides is 1. The fraction of sp³-hybridized carbons (Fsp3) is 0.158. The normalized spacial score (nSPS) is 11.2. The molecule has 0 aliphatic carbocycles. The number of benzene rings is 2. The highest BCUT2D eigenvalue weighted by molar-refractivity contribution is 7.90. The highest BCUT2D eigenvalue weighted by Gasteiger charge is 2.17. The van der Waals surface area contributed by atoms with Crippen LogP contribution in [0.3, 0.4) is 0 Å². The third-order valence-electron chi connectivity index (χ3n) is 4.09. The maximum Gasteiger partial charge on any atom is 0.420 e. The molecule has 1 aromatic heterocycles. The molecular formula is C19H19N3O5S. The number of rotatable bonds is 5. The lowest BCUT2D eigenvalue weighted by Crippen LogP contribution is -2.30. The lowest BCUT2D eigenvalue weighted by molar-refractivity contribution is -0.116. The minimum absolute atomic E-state index is 0.122. The number of amides is 2. The number of aromatic nitrogens is 1. The number of methoxy groups -OCH3 is 1. The molecule has 0 saturated heterocycles. The van der Waals surface area contributed by atoms with Crippen LogP contribution in [0.4, 0.5) is 10.5 Å². The minimum atomic E-state index is -4.03. The molecule has 0 aliphatic heterocycles. The summed E-state index contributed by atoms with van der Waals surface area (Å²) in [4.78, 5) is 23.3. The molecule has 0 unspecified atom stereocenters. The van der Waals surface area contributed by atoms with E-state index in [9.17, 15) is 18.0 Å². The summed E-state index contributed by atoms with van der Waals surface area (Å²) >= 11 is 0. The van der Waals surface area contributed by atoms with Gasteiger partial charge in [-0.05, 0) is 54.8 Å². The number of carbonyl (C=O) groups is 2. The van der Waals surface area contributed by atoms with Crippen molar-refractivity contribution in [2.45, 2.75) is 18.4 Å². The zero-order chi connectivity index (χ0) is 20.3. The van der Waals surface area contributed by atoms with Crippen LogP contribution in [0, 0.1) is 6.92 Å². The summed E-state index contributed by atoms with van der Waals surface area (Å²) in [6.07, 6.45) is 0.768. The van der Waals surface area contributed by atoms with Gasteiger partial charge < -0.3 is 14.6 Å². The molecule has 2 aromatic carbocycles. The van der Waals surface area contributed by atoms with E-state index in [4.69, 9.17) is 0 Å². The average Bonchev–Trinajstić information content (AvgIpc) is 3.03. The van der Waals surface area contributed by atoms with Gasteiger partial charge in [-0.2, -0.15) is 0 Å². The minimum Gasteiger partial charge on any atom is -0.452 e. The van der Waals surface area contributed by atoms with Crippen molar-refractivity contribution in [2.24, 2.45) is 0 Å². The summed E-state index contributed by atoms with van der Waals surface area (Å²) < 4.78 is 31.9. The van der Waals surface area contributed by atoms with Crippen LogP contribution in [-0.2, 0) is 26.1 Å². The van der Waals surface area contributed by atoms with Crippen molar-refractivity contribution in [2.75, 3.05) is 12.4 Å². The molecule has 28 heavy (non-hydrogen) atoms. The molecule has 2 N–H and O–H groups in total. The van der Waals surface area contributed by atoms with Crippen molar-refractivity contribution in [3.05, 3.63) is 60.3 Å². The first kappa shape index (κ1) is 19.4. The van der Waals surface area contributed by atoms with E-state index in [1.165, 1.54) is 24.3 Å². The van der Waals surface area contributed by atoms with Crippen molar-refractivity contribution in [1.29, 1.82) is 0 Å². The second-order valence-electron chi connectivity index (χ2n) is 6.18. The molecule has 0 aliphatic rings. The van der Waals surface area contributed by atoms with Gasteiger partial charge in [-0.3, -0.25) is 4.79 Å². The second kappa shape index (κ2) is 7.73. The molecule has 0 saturated carbocycles. The smallest absolute Gasteiger partial charge is 0.420 e. The van der Waals surface area contributed by atoms with Crippen LogP contribution in [0.15, 0.2) is 59.6 Å². The molecule has 2 amide bonds. The maximum atomic E-state index is 12.3. The van der Waals surface area contributed by atoms with E-state index in [0.717, 1.165) is 23.6 Å². The topological polar surface area (TPSA) is 106 Å². The van der Waals surface area contributed by atoms with Gasteiger partial charge in [-0.15, -0.1) is 0 Å². The lowest BCUT2D eigenvalue weighted by atomic mass is 10.2. The maximum absolute atomic E-state index is 12.3. The van der Waals surface area contributed by atoms with Gasteiger partial charge in [0.1, 0.15) is 6.54 Å². The Morgan fingerprint density at radius 3 is 2.46 bits per heavy atom. The van der Waals surface area contributed by atoms with Gasteiger partial charge in [0.25, 0.3) is 10.0 Å². The van der Waals surface area contributed by atoms with Crippen LogP contribution < -0.4 is 10.0 Å². The lowest BCUT2D eigenvalue weighted by Gasteiger charge is -2.09. The number of hydrogen-bond donors (Lipinski definition) is 2. The van der Waals surface area contributed by atoms with Crippen molar-refractivity contribution in [1.82, 2.24) is 9.29 Å². The Morgan fingerprint density at radius 1 is 1.07 bits per heavy atom. The van der Waals surface area contributed by atoms with Crippen molar-refractivity contribution < 1.29 is 22.7 Å². The van der Waals surface area contributed by atoms with Crippen LogP contribution >= 0.6 is 0 Å². The molecule has 146 valence electrons. The van der Waals surface area contributed by atoms with Gasteiger partial charge >= 0.3 is 6.09 Å². The first-order valence-corrected chi connectivity index (χ1v) is 9.83. The number of ether oxygens (including phenoxy) is 1. The zero-order valence-corrected chi connectivity index (χ0v) is 16.1. The van der Waals surface area contributed by atoms with E-state index in [0.29, 0.717) is 5.69 Å². The Hall–Kier alpha value is -3.33. The third kappa shape index (κ3) is 4.32. The quantitative estimate of drug-likeness (QED) is 0.684. The molecule has 3 rings (SSSR count). The van der Waals surface area contributed by atoms with Gasteiger partial charge in [0.2, 0.25) is 5.91 Å². The Bertz CT molecular complexity index is 1130. The number of nitrogens with zero attached hydrogens (tertiary/aromatic N) is 1. The number of carbonyl (C=O) groups excluding carboxylic acids is 2. The summed E-state index contributed by atoms with van der Waals surface area (Å²) in [5.41, 5.74) is 2.54. The van der Waals surface area contributed by atoms with Crippen molar-refractivity contribution in [3.8, 4) is 0 Å². The Balaban J connectivity index is 1.68. The molecule has 0 bridgehead atoms. The molecule has 0 fully saturated rings. The van der Waals surface area contributed by atoms with E-state index >= 15 is 0 Å². The first-order chi connectivity index (χ1) is 13.3. The van der Waals surface area contributed by atoms with Crippen molar-refractivity contribution >= 4 is 38.6 Å². The van der Waals surface area contributed by atoms with Gasteiger partial charge in [0.05, 0.1) is 12.0 Å². The number of fused-ring (bicyclic) bond motifs is 1. The summed E-state index contributed by atoms with van der Waals surface area (Å²) in [6.45, 7) is 2.13. The van der Waals surface area contributed by atoms with E-state index in [1.54, 1.807) is 4.72 Å². The predicted molar refractivity (Wildman–Crippen MR) is 104 cm³/mol. The molecule has 0 atom stereocenters. The summed E-state index contributed by atoms with van der Waals surface area (Å²) in [5.74, 6) is -0.249. The molecular weight excluding hydrogens is 382 g/mol. The van der Waals surface area contributed by atoms with Gasteiger partial charge in [0, 0.05) is 17.4 Å². The van der Waals surface area contributed by atoms with Crippen molar-refractivity contribution in [3.63, 3.8) is 0 Å². The SMILES string of the molecule is COC(=O)NS(=O)(=O)c1ccc(NC(=O)Cn2ccc3cc(C)ccc32)cc1. The number of aryl methyl sites for hydroxylation is 1. The molecule has 0 spiro atoms. The standard InChI is InChI=1S/C19H19N3O5S/c1-13-3-8-17-14(11-13)9-10-22(17)12-18(23)20-15-4-6-16(7-5-15)28(25,26)21-19(24)27-2/h3-11H,12H2,1-2H3,(H,20,23)(H,21,24). The molecule has 3 aromatic rings. The zero-order valence-electron chi connectivity index (χ0n) is 15.3. The first-order valence-electron chi connectivity index (χ1n) is 8.35. The predicted octanol–water partition coefficient (Wildman–Crippen LogP) is 2.63. The van der Waals surface area contributed by atoms with E-state index in [2.05, 4.69) is 10.1 Å². The number of anilines is 1. The summed E-state index contributed by atoms with van der Waals surface area (Å²) in [6, 6.07) is 13.4. The van der Waals surface area contributed by atoms with E-state index in [1.807, 2.05) is 42.0 Å². The summed E-state index contributed by atoms with van der Waals surface area (Å²) in [7, 11) is -2.96. The largest absolute Gasteiger partial charge is 0.452 e. The van der Waals surface area contributed by atoms with Gasteiger partial charge in [-0.1, -0.05) is 11.6 Å². The molecule has 0 radical (unpaired) electrons. The van der Waals surface area contributed by atoms with Crippen LogP contribution in [0.5, 0.6) is 0 Å². The van der Waals surface area contributed by atoms with Gasteiger partial charge in [-0.25, -0.2) is 17.9 Å². The highest BCUT2D eigenvalue weighted by atomic mass is 32.2. The fourth-order valence-corrected chi connectivity index (χ4v) is 3.66. The van der Waals surface area contributed by atoms with Crippen LogP contribution in [0.25, 0.3) is 10.9 Å². The highest BCUT2D eigenvalue weighted by Crippen LogP contribution is 2.18. The number of nitrogens with one attached hydrogen (secondary N) is 2. The third-order valence-corrected chi connectivity index (χ3v) is 5.42. The van der Waals surface area contributed by atoms with Crippen LogP contribution in [0.2, 0.25) is 0 Å². The second-order valence-corrected chi connectivity index (χ2v) is 7.86. The Kier molecular flexibility index (Phi) is 5.36. The molecule has 8 nitrogen and oxygen atoms in total. The van der Waals surface area contributed by atoms with Crippen LogP contribution in [-0.4, -0.2) is 32.1 Å². The molecule has 1 heterocycles. The fourth-order valence-electron chi connectivity index (χ4n) is 2.74. The van der Waals surface area contributed by atoms with Crippen LogP contribution in [0.1, 0.15) is 5.56 Å². The van der Waals surface area contributed by atoms with E-state index < -0.39 is 16.1 Å². The number of hydrogen-bond acceptors (Lipinski definition) is 5. The Morgan fingerprint density at radius 2 is 1.79 bits per heavy atom. The summed E-state index contributed by atoms with van der Waals surface area (Å²) in [5, 5.41) is 3.78. The van der Waals surface area contributed by atoms with E-state index in [-0.39, 0.29) is 17.3 Å².